The van der Waals surface area contributed by atoms with Crippen molar-refractivity contribution in [2.24, 2.45) is 0 Å². The van der Waals surface area contributed by atoms with Gasteiger partial charge in [-0.15, -0.1) is 6.42 Å². The van der Waals surface area contributed by atoms with Gasteiger partial charge in [0, 0.05) is 23.5 Å². The average Bonchev–Trinajstić information content (AvgIpc) is 3.49. The summed E-state index contributed by atoms with van der Waals surface area (Å²) in [6.45, 7) is 1.96. The van der Waals surface area contributed by atoms with E-state index in [-0.39, 0.29) is 5.75 Å². The van der Waals surface area contributed by atoms with Gasteiger partial charge in [-0.1, -0.05) is 5.92 Å². The van der Waals surface area contributed by atoms with Gasteiger partial charge in [0.2, 0.25) is 0 Å². The van der Waals surface area contributed by atoms with E-state index in [1.54, 1.807) is 16.8 Å². The fraction of sp³-hybridized carbons (Fsp3) is 0.0370. The Bertz CT molecular complexity index is 1460. The van der Waals surface area contributed by atoms with Gasteiger partial charge < -0.3 is 9.84 Å². The number of aryl methyl sites for hydroxylation is 1. The van der Waals surface area contributed by atoms with Crippen molar-refractivity contribution in [3.8, 4) is 52.2 Å². The number of rotatable bonds is 5. The van der Waals surface area contributed by atoms with Crippen molar-refractivity contribution in [1.82, 2.24) is 19.6 Å². The number of phenols is 1. The first-order valence-corrected chi connectivity index (χ1v) is 10.4. The number of phenolic OH excluding ortho intramolecular Hbond substituents is 1. The lowest BCUT2D eigenvalue weighted by atomic mass is 10.1. The van der Waals surface area contributed by atoms with Crippen LogP contribution in [-0.4, -0.2) is 24.7 Å². The van der Waals surface area contributed by atoms with Crippen LogP contribution in [0, 0.1) is 19.3 Å². The Kier molecular flexibility index (Phi) is 5.13. The highest BCUT2D eigenvalue weighted by Gasteiger charge is 2.07. The Hall–Kier alpha value is -4.76. The molecule has 0 unspecified atom stereocenters. The standard InChI is InChI=1S/C27H20N4O2/c1-3-20-16-21(18-24(32)17-20)27-13-15-31(29-27)23-6-10-26(11-7-23)33-25-8-4-22(5-9-25)30-14-12-19(2)28-30/h1,4-18,32H,2H3. The maximum absolute atomic E-state index is 9.89. The Labute approximate surface area is 191 Å². The third-order valence-corrected chi connectivity index (χ3v) is 5.13. The molecule has 0 atom stereocenters. The van der Waals surface area contributed by atoms with E-state index in [2.05, 4.69) is 16.1 Å². The highest BCUT2D eigenvalue weighted by atomic mass is 16.5. The molecule has 0 radical (unpaired) electrons. The quantitative estimate of drug-likeness (QED) is 0.372. The summed E-state index contributed by atoms with van der Waals surface area (Å²) < 4.78 is 9.57. The molecule has 5 rings (SSSR count). The average molecular weight is 432 g/mol. The first-order valence-electron chi connectivity index (χ1n) is 10.4. The van der Waals surface area contributed by atoms with Gasteiger partial charge in [0.05, 0.1) is 22.8 Å². The van der Waals surface area contributed by atoms with E-state index < -0.39 is 0 Å². The lowest BCUT2D eigenvalue weighted by Gasteiger charge is -2.08. The number of aromatic hydroxyl groups is 1. The summed E-state index contributed by atoms with van der Waals surface area (Å²) in [5, 5.41) is 18.9. The van der Waals surface area contributed by atoms with Crippen molar-refractivity contribution in [3.05, 3.63) is 103 Å². The second-order valence-corrected chi connectivity index (χ2v) is 7.55. The fourth-order valence-corrected chi connectivity index (χ4v) is 3.49. The Morgan fingerprint density at radius 3 is 1.97 bits per heavy atom. The number of hydrogen-bond donors (Lipinski definition) is 1. The van der Waals surface area contributed by atoms with Crippen molar-refractivity contribution in [2.45, 2.75) is 6.92 Å². The summed E-state index contributed by atoms with van der Waals surface area (Å²) >= 11 is 0. The summed E-state index contributed by atoms with van der Waals surface area (Å²) in [7, 11) is 0. The van der Waals surface area contributed by atoms with Gasteiger partial charge in [0.1, 0.15) is 17.2 Å². The van der Waals surface area contributed by atoms with Crippen LogP contribution in [0.1, 0.15) is 11.3 Å². The highest BCUT2D eigenvalue weighted by molar-refractivity contribution is 5.64. The molecule has 5 aromatic rings. The van der Waals surface area contributed by atoms with E-state index >= 15 is 0 Å². The van der Waals surface area contributed by atoms with Crippen LogP contribution in [0.15, 0.2) is 91.3 Å². The van der Waals surface area contributed by atoms with Crippen molar-refractivity contribution in [3.63, 3.8) is 0 Å². The monoisotopic (exact) mass is 432 g/mol. The van der Waals surface area contributed by atoms with E-state index in [1.165, 1.54) is 0 Å². The van der Waals surface area contributed by atoms with Crippen LogP contribution in [0.4, 0.5) is 0 Å². The molecule has 160 valence electrons. The smallest absolute Gasteiger partial charge is 0.127 e. The van der Waals surface area contributed by atoms with E-state index in [1.807, 2.05) is 90.7 Å². The molecule has 6 nitrogen and oxygen atoms in total. The molecule has 0 fully saturated rings. The van der Waals surface area contributed by atoms with Crippen molar-refractivity contribution >= 4 is 0 Å². The number of nitrogens with zero attached hydrogens (tertiary/aromatic N) is 4. The molecule has 2 aromatic heterocycles. The lowest BCUT2D eigenvalue weighted by molar-refractivity contribution is 0.475. The summed E-state index contributed by atoms with van der Waals surface area (Å²) in [5.41, 5.74) is 4.91. The normalized spacial score (nSPS) is 10.7. The summed E-state index contributed by atoms with van der Waals surface area (Å²) in [6, 6.07) is 24.3. The molecule has 0 spiro atoms. The maximum atomic E-state index is 9.89. The molecule has 0 aliphatic heterocycles. The Balaban J connectivity index is 1.30. The number of benzene rings is 3. The molecule has 0 saturated carbocycles. The molecule has 0 aliphatic carbocycles. The third-order valence-electron chi connectivity index (χ3n) is 5.13. The largest absolute Gasteiger partial charge is 0.508 e. The number of ether oxygens (including phenoxy) is 1. The van der Waals surface area contributed by atoms with E-state index in [0.29, 0.717) is 5.56 Å². The number of hydrogen-bond acceptors (Lipinski definition) is 4. The topological polar surface area (TPSA) is 65.1 Å². The summed E-state index contributed by atoms with van der Waals surface area (Å²) in [5.74, 6) is 4.12. The van der Waals surface area contributed by atoms with Gasteiger partial charge in [0.25, 0.3) is 0 Å². The van der Waals surface area contributed by atoms with Crippen LogP contribution in [0.5, 0.6) is 17.2 Å². The van der Waals surface area contributed by atoms with Crippen LogP contribution < -0.4 is 4.74 Å². The Morgan fingerprint density at radius 2 is 1.39 bits per heavy atom. The van der Waals surface area contributed by atoms with Crippen LogP contribution in [0.25, 0.3) is 22.6 Å². The first kappa shape index (κ1) is 20.2. The third kappa shape index (κ3) is 4.34. The zero-order valence-electron chi connectivity index (χ0n) is 17.9. The van der Waals surface area contributed by atoms with Gasteiger partial charge in [0.15, 0.2) is 0 Å². The van der Waals surface area contributed by atoms with Gasteiger partial charge in [-0.05, 0) is 85.8 Å². The van der Waals surface area contributed by atoms with Crippen molar-refractivity contribution < 1.29 is 9.84 Å². The molecule has 0 aliphatic rings. The van der Waals surface area contributed by atoms with Crippen LogP contribution >= 0.6 is 0 Å². The summed E-state index contributed by atoms with van der Waals surface area (Å²) in [4.78, 5) is 0. The minimum Gasteiger partial charge on any atom is -0.508 e. The van der Waals surface area contributed by atoms with E-state index in [9.17, 15) is 5.11 Å². The fourth-order valence-electron chi connectivity index (χ4n) is 3.49. The number of aromatic nitrogens is 4. The Morgan fingerprint density at radius 1 is 0.788 bits per heavy atom. The minimum absolute atomic E-state index is 0.115. The second-order valence-electron chi connectivity index (χ2n) is 7.55. The molecular formula is C27H20N4O2. The van der Waals surface area contributed by atoms with Crippen LogP contribution in [-0.2, 0) is 0 Å². The predicted octanol–water partition coefficient (Wildman–Crippen LogP) is 5.51. The SMILES string of the molecule is C#Cc1cc(O)cc(-c2ccn(-c3ccc(Oc4ccc(-n5ccc(C)n5)cc4)cc3)n2)c1. The van der Waals surface area contributed by atoms with Crippen LogP contribution in [0.2, 0.25) is 0 Å². The van der Waals surface area contributed by atoms with Crippen molar-refractivity contribution in [1.29, 1.82) is 0 Å². The molecule has 1 N–H and O–H groups in total. The second kappa shape index (κ2) is 8.40. The highest BCUT2D eigenvalue weighted by Crippen LogP contribution is 2.26. The maximum Gasteiger partial charge on any atom is 0.127 e. The number of terminal acetylenes is 1. The minimum atomic E-state index is 0.115. The predicted molar refractivity (Wildman–Crippen MR) is 127 cm³/mol. The van der Waals surface area contributed by atoms with Crippen molar-refractivity contribution in [2.75, 3.05) is 0 Å². The first-order chi connectivity index (χ1) is 16.1. The van der Waals surface area contributed by atoms with Gasteiger partial charge in [-0.25, -0.2) is 9.36 Å². The zero-order chi connectivity index (χ0) is 22.8. The van der Waals surface area contributed by atoms with E-state index in [4.69, 9.17) is 11.2 Å². The lowest BCUT2D eigenvalue weighted by Crippen LogP contribution is -1.96. The zero-order valence-corrected chi connectivity index (χ0v) is 17.9. The molecule has 3 aromatic carbocycles. The molecule has 0 amide bonds. The molecular weight excluding hydrogens is 412 g/mol. The molecule has 0 saturated heterocycles. The molecule has 6 heteroatoms. The molecule has 33 heavy (non-hydrogen) atoms. The molecule has 0 bridgehead atoms. The summed E-state index contributed by atoms with van der Waals surface area (Å²) in [6.07, 6.45) is 9.26. The van der Waals surface area contributed by atoms with Gasteiger partial charge >= 0.3 is 0 Å². The molecule has 2 heterocycles. The van der Waals surface area contributed by atoms with Crippen LogP contribution in [0.3, 0.4) is 0 Å². The van der Waals surface area contributed by atoms with Gasteiger partial charge in [-0.3, -0.25) is 0 Å². The van der Waals surface area contributed by atoms with Gasteiger partial charge in [-0.2, -0.15) is 10.2 Å². The van der Waals surface area contributed by atoms with E-state index in [0.717, 1.165) is 39.8 Å².